The quantitative estimate of drug-likeness (QED) is 0.231. The van der Waals surface area contributed by atoms with Crippen LogP contribution in [0.3, 0.4) is 0 Å². The molecule has 0 atom stereocenters. The summed E-state index contributed by atoms with van der Waals surface area (Å²) in [4.78, 5) is 17.5. The number of hydrogen-bond donors (Lipinski definition) is 2. The molecular weight excluding hydrogens is 462 g/mol. The van der Waals surface area contributed by atoms with E-state index in [4.69, 9.17) is 4.98 Å². The van der Waals surface area contributed by atoms with Crippen molar-refractivity contribution in [2.45, 2.75) is 46.0 Å². The Bertz CT molecular complexity index is 1540. The van der Waals surface area contributed by atoms with Crippen molar-refractivity contribution in [2.24, 2.45) is 0 Å². The second-order valence-corrected chi connectivity index (χ2v) is 9.36. The number of carboxylic acids is 1. The van der Waals surface area contributed by atoms with E-state index < -0.39 is 5.97 Å². The first-order chi connectivity index (χ1) is 18.0. The van der Waals surface area contributed by atoms with Gasteiger partial charge in [0.15, 0.2) is 5.82 Å². The third kappa shape index (κ3) is 5.11. The molecule has 5 rings (SSSR count). The molecule has 0 radical (unpaired) electrons. The Kier molecular flexibility index (Phi) is 7.03. The van der Waals surface area contributed by atoms with E-state index in [0.29, 0.717) is 23.2 Å². The zero-order chi connectivity index (χ0) is 25.8. The minimum absolute atomic E-state index is 0.368. The number of fused-ring (bicyclic) bond motifs is 1. The van der Waals surface area contributed by atoms with Crippen LogP contribution < -0.4 is 0 Å². The number of nitrogens with zero attached hydrogens (tertiary/aromatic N) is 4. The van der Waals surface area contributed by atoms with E-state index in [9.17, 15) is 9.90 Å². The molecule has 0 bridgehead atoms. The maximum absolute atomic E-state index is 12.6. The number of nitrogens with one attached hydrogen (secondary N) is 1. The number of carboxylic acid groups (broad SMARTS) is 1. The summed E-state index contributed by atoms with van der Waals surface area (Å²) in [6, 6.07) is 22.1. The molecule has 0 aliphatic rings. The van der Waals surface area contributed by atoms with Gasteiger partial charge in [-0.1, -0.05) is 79.9 Å². The number of unbranched alkanes of at least 4 members (excludes halogenated alkanes) is 2. The van der Waals surface area contributed by atoms with E-state index in [1.54, 1.807) is 0 Å². The van der Waals surface area contributed by atoms with E-state index in [1.807, 2.05) is 49.4 Å². The summed E-state index contributed by atoms with van der Waals surface area (Å²) in [6.07, 6.45) is 4.45. The van der Waals surface area contributed by atoms with E-state index in [1.165, 1.54) is 0 Å². The summed E-state index contributed by atoms with van der Waals surface area (Å²) < 4.78 is 0. The second-order valence-electron chi connectivity index (χ2n) is 9.36. The fourth-order valence-electron chi connectivity index (χ4n) is 4.87. The average molecular weight is 492 g/mol. The highest BCUT2D eigenvalue weighted by Gasteiger charge is 2.21. The van der Waals surface area contributed by atoms with Gasteiger partial charge in [-0.3, -0.25) is 4.98 Å². The summed E-state index contributed by atoms with van der Waals surface area (Å²) in [6.45, 7) is 4.14. The summed E-state index contributed by atoms with van der Waals surface area (Å²) in [5, 5.41) is 25.3. The lowest BCUT2D eigenvalue weighted by atomic mass is 9.91. The van der Waals surface area contributed by atoms with Crippen LogP contribution in [-0.2, 0) is 12.8 Å². The zero-order valence-electron chi connectivity index (χ0n) is 21.0. The van der Waals surface area contributed by atoms with Crippen molar-refractivity contribution in [2.75, 3.05) is 0 Å². The van der Waals surface area contributed by atoms with Gasteiger partial charge in [-0.2, -0.15) is 0 Å². The molecular formula is C30H29N5O2. The van der Waals surface area contributed by atoms with Gasteiger partial charge in [-0.25, -0.2) is 9.89 Å². The zero-order valence-corrected chi connectivity index (χ0v) is 21.0. The highest BCUT2D eigenvalue weighted by molar-refractivity contribution is 6.04. The Morgan fingerprint density at radius 1 is 0.973 bits per heavy atom. The molecule has 0 spiro atoms. The average Bonchev–Trinajstić information content (AvgIpc) is 3.44. The van der Waals surface area contributed by atoms with Crippen LogP contribution in [0, 0.1) is 6.92 Å². The molecule has 0 saturated heterocycles. The molecule has 0 aliphatic carbocycles. The lowest BCUT2D eigenvalue weighted by Gasteiger charge is -2.16. The van der Waals surface area contributed by atoms with E-state index in [-0.39, 0.29) is 0 Å². The van der Waals surface area contributed by atoms with Crippen LogP contribution in [0.1, 0.15) is 58.9 Å². The topological polar surface area (TPSA) is 105 Å². The van der Waals surface area contributed by atoms with Crippen molar-refractivity contribution in [1.82, 2.24) is 25.6 Å². The molecule has 2 heterocycles. The predicted octanol–water partition coefficient (Wildman–Crippen LogP) is 6.41. The SMILES string of the molecule is CCCCCc1nc2ccc(C)cc2c(C(=O)O)c1Cc1ccc(-c2ccccc2-c2nnn[nH]2)cc1. The number of aromatic carboxylic acids is 1. The van der Waals surface area contributed by atoms with Crippen molar-refractivity contribution in [3.05, 3.63) is 94.7 Å². The fourth-order valence-corrected chi connectivity index (χ4v) is 4.87. The van der Waals surface area contributed by atoms with Crippen molar-refractivity contribution in [3.8, 4) is 22.5 Å². The van der Waals surface area contributed by atoms with Gasteiger partial charge in [0.05, 0.1) is 11.1 Å². The molecule has 0 fully saturated rings. The van der Waals surface area contributed by atoms with Crippen LogP contribution >= 0.6 is 0 Å². The van der Waals surface area contributed by atoms with E-state index in [0.717, 1.165) is 70.3 Å². The van der Waals surface area contributed by atoms with Crippen LogP contribution in [0.4, 0.5) is 0 Å². The van der Waals surface area contributed by atoms with Crippen molar-refractivity contribution >= 4 is 16.9 Å². The number of H-pyrrole nitrogens is 1. The fraction of sp³-hybridized carbons (Fsp3) is 0.233. The third-order valence-electron chi connectivity index (χ3n) is 6.73. The van der Waals surface area contributed by atoms with Crippen molar-refractivity contribution in [3.63, 3.8) is 0 Å². The number of aromatic amines is 1. The summed E-state index contributed by atoms with van der Waals surface area (Å²) in [7, 11) is 0. The predicted molar refractivity (Wildman–Crippen MR) is 145 cm³/mol. The van der Waals surface area contributed by atoms with Gasteiger partial charge >= 0.3 is 5.97 Å². The molecule has 7 nitrogen and oxygen atoms in total. The molecule has 37 heavy (non-hydrogen) atoms. The standard InChI is InChI=1S/C30H29N5O2/c1-3-4-5-10-26-25(28(30(36)37)24-17-19(2)11-16-27(24)31-26)18-20-12-14-21(15-13-20)22-8-6-7-9-23(22)29-32-34-35-33-29/h6-9,11-17H,3-5,10,18H2,1-2H3,(H,36,37)(H,32,33,34,35). The second kappa shape index (κ2) is 10.7. The molecule has 0 unspecified atom stereocenters. The number of hydrogen-bond acceptors (Lipinski definition) is 5. The minimum atomic E-state index is -0.907. The van der Waals surface area contributed by atoms with Crippen LogP contribution in [0.25, 0.3) is 33.4 Å². The summed E-state index contributed by atoms with van der Waals surface area (Å²) in [5.74, 6) is -0.295. The number of tetrazole rings is 1. The molecule has 186 valence electrons. The van der Waals surface area contributed by atoms with Crippen molar-refractivity contribution in [1.29, 1.82) is 0 Å². The minimum Gasteiger partial charge on any atom is -0.478 e. The van der Waals surface area contributed by atoms with Crippen LogP contribution in [-0.4, -0.2) is 36.7 Å². The molecule has 0 saturated carbocycles. The molecule has 3 aromatic carbocycles. The first-order valence-corrected chi connectivity index (χ1v) is 12.6. The van der Waals surface area contributed by atoms with Crippen LogP contribution in [0.2, 0.25) is 0 Å². The summed E-state index contributed by atoms with van der Waals surface area (Å²) >= 11 is 0. The Balaban J connectivity index is 1.54. The van der Waals surface area contributed by atoms with Crippen molar-refractivity contribution < 1.29 is 9.90 Å². The van der Waals surface area contributed by atoms with Gasteiger partial charge in [-0.15, -0.1) is 5.10 Å². The molecule has 2 aromatic heterocycles. The van der Waals surface area contributed by atoms with Crippen LogP contribution in [0.15, 0.2) is 66.7 Å². The smallest absolute Gasteiger partial charge is 0.336 e. The number of aromatic nitrogens is 5. The number of aryl methyl sites for hydroxylation is 2. The lowest BCUT2D eigenvalue weighted by Crippen LogP contribution is -2.11. The van der Waals surface area contributed by atoms with Gasteiger partial charge < -0.3 is 5.11 Å². The van der Waals surface area contributed by atoms with Gasteiger partial charge in [0.2, 0.25) is 0 Å². The molecule has 0 amide bonds. The van der Waals surface area contributed by atoms with Gasteiger partial charge in [0.25, 0.3) is 0 Å². The lowest BCUT2D eigenvalue weighted by molar-refractivity contribution is 0.0697. The maximum atomic E-state index is 12.6. The summed E-state index contributed by atoms with van der Waals surface area (Å²) in [5.41, 5.74) is 7.82. The van der Waals surface area contributed by atoms with E-state index in [2.05, 4.69) is 51.8 Å². The Morgan fingerprint density at radius 3 is 2.46 bits per heavy atom. The maximum Gasteiger partial charge on any atom is 0.336 e. The monoisotopic (exact) mass is 491 g/mol. The Morgan fingerprint density at radius 2 is 1.76 bits per heavy atom. The molecule has 5 aromatic rings. The van der Waals surface area contributed by atoms with Gasteiger partial charge in [-0.05, 0) is 64.6 Å². The first-order valence-electron chi connectivity index (χ1n) is 12.6. The third-order valence-corrected chi connectivity index (χ3v) is 6.73. The van der Waals surface area contributed by atoms with Gasteiger partial charge in [0.1, 0.15) is 0 Å². The largest absolute Gasteiger partial charge is 0.478 e. The van der Waals surface area contributed by atoms with Crippen LogP contribution in [0.5, 0.6) is 0 Å². The highest BCUT2D eigenvalue weighted by Crippen LogP contribution is 2.32. The van der Waals surface area contributed by atoms with E-state index >= 15 is 0 Å². The number of carbonyl (C=O) groups is 1. The molecule has 7 heteroatoms. The molecule has 2 N–H and O–H groups in total. The normalized spacial score (nSPS) is 11.2. The molecule has 0 aliphatic heterocycles. The highest BCUT2D eigenvalue weighted by atomic mass is 16.4. The Labute approximate surface area is 215 Å². The number of pyridine rings is 1. The van der Waals surface area contributed by atoms with Gasteiger partial charge in [0, 0.05) is 23.1 Å². The Hall–Kier alpha value is -4.39. The first kappa shape index (κ1) is 24.3. The number of benzene rings is 3. The number of rotatable bonds is 9.